The number of rotatable bonds is 4. The van der Waals surface area contributed by atoms with E-state index in [0.717, 1.165) is 18.0 Å². The van der Waals surface area contributed by atoms with Gasteiger partial charge in [-0.05, 0) is 36.0 Å². The Morgan fingerprint density at radius 3 is 2.59 bits per heavy atom. The molecular formula is C15H22N2. The summed E-state index contributed by atoms with van der Waals surface area (Å²) in [5.74, 6) is 1.31. The van der Waals surface area contributed by atoms with Gasteiger partial charge in [0.1, 0.15) is 0 Å². The Balaban J connectivity index is 2.33. The van der Waals surface area contributed by atoms with Crippen molar-refractivity contribution < 1.29 is 0 Å². The van der Waals surface area contributed by atoms with Gasteiger partial charge in [-0.25, -0.2) is 4.98 Å². The molecule has 1 aromatic carbocycles. The van der Waals surface area contributed by atoms with Gasteiger partial charge in [-0.2, -0.15) is 0 Å². The van der Waals surface area contributed by atoms with Crippen molar-refractivity contribution in [3.63, 3.8) is 0 Å². The zero-order chi connectivity index (χ0) is 12.4. The predicted molar refractivity (Wildman–Crippen MR) is 73.3 cm³/mol. The molecule has 0 saturated heterocycles. The molecule has 2 nitrogen and oxygen atoms in total. The van der Waals surface area contributed by atoms with Gasteiger partial charge in [0.05, 0.1) is 17.4 Å². The third-order valence-corrected chi connectivity index (χ3v) is 3.26. The molecule has 0 radical (unpaired) electrons. The van der Waals surface area contributed by atoms with Gasteiger partial charge in [-0.3, -0.25) is 0 Å². The molecule has 0 bridgehead atoms. The van der Waals surface area contributed by atoms with E-state index in [4.69, 9.17) is 0 Å². The van der Waals surface area contributed by atoms with E-state index >= 15 is 0 Å². The van der Waals surface area contributed by atoms with Crippen molar-refractivity contribution in [3.8, 4) is 0 Å². The Labute approximate surface area is 104 Å². The average Bonchev–Trinajstić information content (AvgIpc) is 2.68. The van der Waals surface area contributed by atoms with Crippen LogP contribution in [0.5, 0.6) is 0 Å². The highest BCUT2D eigenvalue weighted by atomic mass is 15.0. The maximum absolute atomic E-state index is 4.46. The zero-order valence-electron chi connectivity index (χ0n) is 11.3. The van der Waals surface area contributed by atoms with E-state index in [0.29, 0.717) is 5.92 Å². The summed E-state index contributed by atoms with van der Waals surface area (Å²) in [7, 11) is 0. The van der Waals surface area contributed by atoms with Crippen LogP contribution in [0.1, 0.15) is 45.6 Å². The quantitative estimate of drug-likeness (QED) is 0.769. The molecule has 0 fully saturated rings. The van der Waals surface area contributed by atoms with Gasteiger partial charge in [0, 0.05) is 6.54 Å². The number of aryl methyl sites for hydroxylation is 1. The molecule has 1 heterocycles. The van der Waals surface area contributed by atoms with Crippen LogP contribution < -0.4 is 0 Å². The maximum atomic E-state index is 4.46. The number of nitrogens with zero attached hydrogens (tertiary/aromatic N) is 2. The Morgan fingerprint density at radius 1 is 1.18 bits per heavy atom. The van der Waals surface area contributed by atoms with Crippen LogP contribution in [0, 0.1) is 5.92 Å². The summed E-state index contributed by atoms with van der Waals surface area (Å²) in [6.07, 6.45) is 3.18. The fraction of sp³-hybridized carbons (Fsp3) is 0.533. The fourth-order valence-electron chi connectivity index (χ4n) is 2.01. The van der Waals surface area contributed by atoms with Gasteiger partial charge in [0.25, 0.3) is 0 Å². The van der Waals surface area contributed by atoms with E-state index in [2.05, 4.69) is 55.4 Å². The van der Waals surface area contributed by atoms with Crippen LogP contribution >= 0.6 is 0 Å². The molecule has 0 aliphatic carbocycles. The van der Waals surface area contributed by atoms with Gasteiger partial charge in [0.2, 0.25) is 0 Å². The molecule has 1 aromatic heterocycles. The van der Waals surface area contributed by atoms with Crippen LogP contribution in [0.25, 0.3) is 11.0 Å². The van der Waals surface area contributed by atoms with Crippen molar-refractivity contribution in [3.05, 3.63) is 30.1 Å². The van der Waals surface area contributed by atoms with Crippen molar-refractivity contribution in [2.24, 2.45) is 5.92 Å². The number of benzene rings is 1. The molecule has 0 unspecified atom stereocenters. The van der Waals surface area contributed by atoms with Gasteiger partial charge in [0.15, 0.2) is 0 Å². The minimum Gasteiger partial charge on any atom is -0.331 e. The summed E-state index contributed by atoms with van der Waals surface area (Å²) in [5.41, 5.74) is 3.78. The van der Waals surface area contributed by atoms with E-state index < -0.39 is 0 Å². The number of fused-ring (bicyclic) bond motifs is 1. The highest BCUT2D eigenvalue weighted by molar-refractivity contribution is 5.76. The second-order valence-corrected chi connectivity index (χ2v) is 5.52. The molecule has 2 aromatic rings. The summed E-state index contributed by atoms with van der Waals surface area (Å²) >= 11 is 0. The van der Waals surface area contributed by atoms with Crippen LogP contribution in [0.15, 0.2) is 24.5 Å². The molecule has 2 rings (SSSR count). The molecule has 0 saturated carbocycles. The van der Waals surface area contributed by atoms with Gasteiger partial charge < -0.3 is 4.57 Å². The first kappa shape index (κ1) is 12.2. The highest BCUT2D eigenvalue weighted by Crippen LogP contribution is 2.21. The van der Waals surface area contributed by atoms with Gasteiger partial charge >= 0.3 is 0 Å². The second kappa shape index (κ2) is 4.91. The lowest BCUT2D eigenvalue weighted by molar-refractivity contribution is 0.523. The summed E-state index contributed by atoms with van der Waals surface area (Å²) in [6, 6.07) is 6.61. The minimum atomic E-state index is 0.577. The summed E-state index contributed by atoms with van der Waals surface area (Å²) < 4.78 is 2.28. The molecule has 2 heteroatoms. The third-order valence-electron chi connectivity index (χ3n) is 3.26. The first-order chi connectivity index (χ1) is 8.08. The highest BCUT2D eigenvalue weighted by Gasteiger charge is 2.06. The standard InChI is InChI=1S/C15H22N2/c1-11(2)7-8-17-10-16-14-6-5-13(12(3)4)9-15(14)17/h5-6,9-12H,7-8H2,1-4H3. The Bertz CT molecular complexity index is 495. The van der Waals surface area contributed by atoms with Crippen molar-refractivity contribution in [1.82, 2.24) is 9.55 Å². The summed E-state index contributed by atoms with van der Waals surface area (Å²) in [4.78, 5) is 4.46. The lowest BCUT2D eigenvalue weighted by atomic mass is 10.0. The average molecular weight is 230 g/mol. The van der Waals surface area contributed by atoms with Gasteiger partial charge in [-0.1, -0.05) is 33.8 Å². The van der Waals surface area contributed by atoms with E-state index in [1.807, 2.05) is 6.33 Å². The molecule has 92 valence electrons. The number of hydrogen-bond donors (Lipinski definition) is 0. The van der Waals surface area contributed by atoms with Gasteiger partial charge in [-0.15, -0.1) is 0 Å². The zero-order valence-corrected chi connectivity index (χ0v) is 11.3. The molecule has 0 aliphatic heterocycles. The summed E-state index contributed by atoms with van der Waals surface area (Å²) in [5, 5.41) is 0. The molecule has 0 atom stereocenters. The van der Waals surface area contributed by atoms with Crippen molar-refractivity contribution in [2.75, 3.05) is 0 Å². The van der Waals surface area contributed by atoms with E-state index in [1.165, 1.54) is 17.5 Å². The van der Waals surface area contributed by atoms with Crippen molar-refractivity contribution >= 4 is 11.0 Å². The number of hydrogen-bond acceptors (Lipinski definition) is 1. The Kier molecular flexibility index (Phi) is 3.51. The van der Waals surface area contributed by atoms with E-state index in [1.54, 1.807) is 0 Å². The second-order valence-electron chi connectivity index (χ2n) is 5.52. The Morgan fingerprint density at radius 2 is 1.94 bits per heavy atom. The third kappa shape index (κ3) is 2.68. The maximum Gasteiger partial charge on any atom is 0.0958 e. The normalized spacial score (nSPS) is 11.9. The van der Waals surface area contributed by atoms with E-state index in [9.17, 15) is 0 Å². The molecule has 0 amide bonds. The molecule has 0 aliphatic rings. The molecule has 0 spiro atoms. The fourth-order valence-corrected chi connectivity index (χ4v) is 2.01. The number of imidazole rings is 1. The monoisotopic (exact) mass is 230 g/mol. The molecule has 17 heavy (non-hydrogen) atoms. The van der Waals surface area contributed by atoms with Crippen molar-refractivity contribution in [1.29, 1.82) is 0 Å². The summed E-state index contributed by atoms with van der Waals surface area (Å²) in [6.45, 7) is 10.1. The predicted octanol–water partition coefficient (Wildman–Crippen LogP) is 4.21. The van der Waals surface area contributed by atoms with E-state index in [-0.39, 0.29) is 0 Å². The first-order valence-corrected chi connectivity index (χ1v) is 6.52. The first-order valence-electron chi connectivity index (χ1n) is 6.52. The minimum absolute atomic E-state index is 0.577. The molecule has 0 N–H and O–H groups in total. The molecular weight excluding hydrogens is 208 g/mol. The lowest BCUT2D eigenvalue weighted by Gasteiger charge is -2.09. The van der Waals surface area contributed by atoms with Crippen LogP contribution in [0.2, 0.25) is 0 Å². The smallest absolute Gasteiger partial charge is 0.0958 e. The largest absolute Gasteiger partial charge is 0.331 e. The Hall–Kier alpha value is -1.31. The number of aromatic nitrogens is 2. The van der Waals surface area contributed by atoms with Crippen LogP contribution in [-0.4, -0.2) is 9.55 Å². The van der Waals surface area contributed by atoms with Crippen LogP contribution in [0.4, 0.5) is 0 Å². The van der Waals surface area contributed by atoms with Crippen LogP contribution in [0.3, 0.4) is 0 Å². The lowest BCUT2D eigenvalue weighted by Crippen LogP contribution is -2.00. The van der Waals surface area contributed by atoms with Crippen molar-refractivity contribution in [2.45, 2.75) is 46.6 Å². The SMILES string of the molecule is CC(C)CCn1cnc2ccc(C(C)C)cc21. The van der Waals surface area contributed by atoms with Crippen LogP contribution in [-0.2, 0) is 6.54 Å². The topological polar surface area (TPSA) is 17.8 Å².